The van der Waals surface area contributed by atoms with Crippen LogP contribution in [0.3, 0.4) is 0 Å². The van der Waals surface area contributed by atoms with E-state index < -0.39 is 0 Å². The van der Waals surface area contributed by atoms with Gasteiger partial charge in [-0.2, -0.15) is 0 Å². The second-order valence-electron chi connectivity index (χ2n) is 5.43. The number of hydrogen-bond donors (Lipinski definition) is 1. The standard InChI is InChI=1S/C14H31N3O/c1-14(13-15-7-6-12-18-3)16(2)10-11-17-8-4-5-9-17/h14-15H,4-13H2,1-3H3. The third kappa shape index (κ3) is 6.69. The summed E-state index contributed by atoms with van der Waals surface area (Å²) in [5.74, 6) is 0. The molecular formula is C14H31N3O. The lowest BCUT2D eigenvalue weighted by Gasteiger charge is -2.27. The molecule has 0 aromatic carbocycles. The van der Waals surface area contributed by atoms with Gasteiger partial charge in [-0.25, -0.2) is 0 Å². The van der Waals surface area contributed by atoms with Gasteiger partial charge in [-0.15, -0.1) is 0 Å². The van der Waals surface area contributed by atoms with Gasteiger partial charge in [0.25, 0.3) is 0 Å². The summed E-state index contributed by atoms with van der Waals surface area (Å²) in [5, 5.41) is 3.49. The minimum absolute atomic E-state index is 0.607. The fourth-order valence-electron chi connectivity index (χ4n) is 2.33. The van der Waals surface area contributed by atoms with E-state index in [4.69, 9.17) is 4.74 Å². The van der Waals surface area contributed by atoms with Crippen molar-refractivity contribution >= 4 is 0 Å². The number of nitrogens with zero attached hydrogens (tertiary/aromatic N) is 2. The number of nitrogens with one attached hydrogen (secondary N) is 1. The lowest BCUT2D eigenvalue weighted by Crippen LogP contribution is -2.41. The second-order valence-corrected chi connectivity index (χ2v) is 5.43. The Kier molecular flexibility index (Phi) is 8.59. The van der Waals surface area contributed by atoms with Gasteiger partial charge in [0.1, 0.15) is 0 Å². The summed E-state index contributed by atoms with van der Waals surface area (Å²) in [4.78, 5) is 5.04. The lowest BCUT2D eigenvalue weighted by molar-refractivity contribution is 0.189. The van der Waals surface area contributed by atoms with Crippen molar-refractivity contribution in [2.24, 2.45) is 0 Å². The van der Waals surface area contributed by atoms with Crippen LogP contribution in [-0.2, 0) is 4.74 Å². The van der Waals surface area contributed by atoms with Gasteiger partial charge in [0.15, 0.2) is 0 Å². The van der Waals surface area contributed by atoms with Gasteiger partial charge in [0, 0.05) is 39.4 Å². The molecule has 0 saturated carbocycles. The summed E-state index contributed by atoms with van der Waals surface area (Å²) in [7, 11) is 3.99. The Morgan fingerprint density at radius 2 is 2.06 bits per heavy atom. The smallest absolute Gasteiger partial charge is 0.0474 e. The molecule has 1 aliphatic rings. The molecule has 1 atom stereocenters. The molecule has 0 bridgehead atoms. The van der Waals surface area contributed by atoms with Crippen molar-refractivity contribution in [3.05, 3.63) is 0 Å². The van der Waals surface area contributed by atoms with E-state index in [-0.39, 0.29) is 0 Å². The van der Waals surface area contributed by atoms with E-state index >= 15 is 0 Å². The molecule has 1 fully saturated rings. The molecule has 0 radical (unpaired) electrons. The number of hydrogen-bond acceptors (Lipinski definition) is 4. The third-order valence-electron chi connectivity index (χ3n) is 3.86. The van der Waals surface area contributed by atoms with Gasteiger partial charge in [0.2, 0.25) is 0 Å². The molecule has 4 nitrogen and oxygen atoms in total. The number of rotatable bonds is 10. The first kappa shape index (κ1) is 15.9. The minimum Gasteiger partial charge on any atom is -0.385 e. The zero-order valence-corrected chi connectivity index (χ0v) is 12.5. The summed E-state index contributed by atoms with van der Waals surface area (Å²) >= 11 is 0. The predicted molar refractivity (Wildman–Crippen MR) is 77.1 cm³/mol. The van der Waals surface area contributed by atoms with Gasteiger partial charge in [-0.1, -0.05) is 0 Å². The van der Waals surface area contributed by atoms with E-state index in [1.54, 1.807) is 7.11 Å². The first-order chi connectivity index (χ1) is 8.74. The predicted octanol–water partition coefficient (Wildman–Crippen LogP) is 1.03. The second kappa shape index (κ2) is 9.73. The molecular weight excluding hydrogens is 226 g/mol. The molecule has 1 aliphatic heterocycles. The zero-order valence-electron chi connectivity index (χ0n) is 12.5. The van der Waals surface area contributed by atoms with Crippen LogP contribution in [0.25, 0.3) is 0 Å². The Hall–Kier alpha value is -0.160. The highest BCUT2D eigenvalue weighted by molar-refractivity contribution is 4.71. The van der Waals surface area contributed by atoms with E-state index in [0.29, 0.717) is 6.04 Å². The van der Waals surface area contributed by atoms with Crippen molar-refractivity contribution in [1.29, 1.82) is 0 Å². The molecule has 0 aromatic heterocycles. The van der Waals surface area contributed by atoms with Crippen molar-refractivity contribution < 1.29 is 4.74 Å². The maximum atomic E-state index is 5.04. The highest BCUT2D eigenvalue weighted by Gasteiger charge is 2.13. The first-order valence-electron chi connectivity index (χ1n) is 7.36. The van der Waals surface area contributed by atoms with Crippen LogP contribution in [0.5, 0.6) is 0 Å². The number of likely N-dealkylation sites (tertiary alicyclic amines) is 1. The molecule has 0 aliphatic carbocycles. The molecule has 4 heteroatoms. The minimum atomic E-state index is 0.607. The van der Waals surface area contributed by atoms with E-state index in [0.717, 1.165) is 26.1 Å². The van der Waals surface area contributed by atoms with Crippen LogP contribution >= 0.6 is 0 Å². The SMILES string of the molecule is COCCCNCC(C)N(C)CCN1CCCC1. The summed E-state index contributed by atoms with van der Waals surface area (Å²) in [6.07, 6.45) is 3.88. The molecule has 0 spiro atoms. The average molecular weight is 257 g/mol. The van der Waals surface area contributed by atoms with Crippen LogP contribution in [0, 0.1) is 0 Å². The molecule has 1 heterocycles. The number of ether oxygens (including phenoxy) is 1. The van der Waals surface area contributed by atoms with Crippen LogP contribution in [0.1, 0.15) is 26.2 Å². The fraction of sp³-hybridized carbons (Fsp3) is 1.00. The Morgan fingerprint density at radius 1 is 1.33 bits per heavy atom. The lowest BCUT2D eigenvalue weighted by atomic mass is 10.3. The highest BCUT2D eigenvalue weighted by atomic mass is 16.5. The van der Waals surface area contributed by atoms with Crippen LogP contribution in [0.4, 0.5) is 0 Å². The Morgan fingerprint density at radius 3 is 2.72 bits per heavy atom. The topological polar surface area (TPSA) is 27.7 Å². The summed E-state index contributed by atoms with van der Waals surface area (Å²) in [5.41, 5.74) is 0. The van der Waals surface area contributed by atoms with Crippen molar-refractivity contribution in [1.82, 2.24) is 15.1 Å². The van der Waals surface area contributed by atoms with Gasteiger partial charge >= 0.3 is 0 Å². The molecule has 18 heavy (non-hydrogen) atoms. The Labute approximate surface area is 113 Å². The Bertz CT molecular complexity index is 195. The quantitative estimate of drug-likeness (QED) is 0.592. The largest absolute Gasteiger partial charge is 0.385 e. The van der Waals surface area contributed by atoms with Gasteiger partial charge < -0.3 is 19.9 Å². The van der Waals surface area contributed by atoms with Crippen LogP contribution in [0.2, 0.25) is 0 Å². The van der Waals surface area contributed by atoms with E-state index in [1.165, 1.54) is 39.0 Å². The van der Waals surface area contributed by atoms with Crippen molar-refractivity contribution in [2.45, 2.75) is 32.2 Å². The molecule has 1 unspecified atom stereocenters. The Balaban J connectivity index is 1.99. The average Bonchev–Trinajstić information content (AvgIpc) is 2.88. The zero-order chi connectivity index (χ0) is 13.2. The molecule has 0 amide bonds. The van der Waals surface area contributed by atoms with E-state index in [2.05, 4.69) is 29.1 Å². The van der Waals surface area contributed by atoms with Crippen LogP contribution < -0.4 is 5.32 Å². The normalized spacial score (nSPS) is 18.7. The van der Waals surface area contributed by atoms with Gasteiger partial charge in [-0.3, -0.25) is 0 Å². The van der Waals surface area contributed by atoms with E-state index in [9.17, 15) is 0 Å². The highest BCUT2D eigenvalue weighted by Crippen LogP contribution is 2.06. The van der Waals surface area contributed by atoms with Gasteiger partial charge in [-0.05, 0) is 52.9 Å². The molecule has 1 saturated heterocycles. The van der Waals surface area contributed by atoms with Gasteiger partial charge in [0.05, 0.1) is 0 Å². The number of likely N-dealkylation sites (N-methyl/N-ethyl adjacent to an activating group) is 1. The molecule has 1 N–H and O–H groups in total. The van der Waals surface area contributed by atoms with Crippen LogP contribution in [-0.4, -0.2) is 75.9 Å². The molecule has 108 valence electrons. The maximum Gasteiger partial charge on any atom is 0.0474 e. The molecule has 0 aromatic rings. The summed E-state index contributed by atoms with van der Waals surface area (Å²) in [6, 6.07) is 0.607. The third-order valence-corrected chi connectivity index (χ3v) is 3.86. The summed E-state index contributed by atoms with van der Waals surface area (Å²) in [6.45, 7) is 10.3. The van der Waals surface area contributed by atoms with Crippen molar-refractivity contribution in [2.75, 3.05) is 60.0 Å². The monoisotopic (exact) mass is 257 g/mol. The van der Waals surface area contributed by atoms with Crippen LogP contribution in [0.15, 0.2) is 0 Å². The molecule has 1 rings (SSSR count). The van der Waals surface area contributed by atoms with Crippen molar-refractivity contribution in [3.63, 3.8) is 0 Å². The maximum absolute atomic E-state index is 5.04. The number of methoxy groups -OCH3 is 1. The first-order valence-corrected chi connectivity index (χ1v) is 7.36. The fourth-order valence-corrected chi connectivity index (χ4v) is 2.33. The van der Waals surface area contributed by atoms with E-state index in [1.807, 2.05) is 0 Å². The summed E-state index contributed by atoms with van der Waals surface area (Å²) < 4.78 is 5.04. The van der Waals surface area contributed by atoms with Crippen molar-refractivity contribution in [3.8, 4) is 0 Å².